The quantitative estimate of drug-likeness (QED) is 0.794. The Hall–Kier alpha value is -2.19. The number of rotatable bonds is 6. The molecule has 1 atom stereocenters. The van der Waals surface area contributed by atoms with Gasteiger partial charge in [-0.3, -0.25) is 9.69 Å². The van der Waals surface area contributed by atoms with E-state index < -0.39 is 18.5 Å². The van der Waals surface area contributed by atoms with E-state index in [0.29, 0.717) is 23.6 Å². The molecule has 0 bridgehead atoms. The van der Waals surface area contributed by atoms with Gasteiger partial charge in [0.05, 0.1) is 0 Å². The van der Waals surface area contributed by atoms with Gasteiger partial charge in [0.1, 0.15) is 6.54 Å². The summed E-state index contributed by atoms with van der Waals surface area (Å²) in [5.74, 6) is 1.37. The molecule has 0 heterocycles. The van der Waals surface area contributed by atoms with Crippen molar-refractivity contribution in [2.24, 2.45) is 0 Å². The number of carboxylic acids is 1. The molecular weight excluding hydrogens is 292 g/mol. The molecule has 0 aliphatic carbocycles. The van der Waals surface area contributed by atoms with E-state index in [-0.39, 0.29) is 6.04 Å². The third-order valence-electron chi connectivity index (χ3n) is 2.84. The molecule has 0 spiro atoms. The van der Waals surface area contributed by atoms with Crippen LogP contribution in [-0.4, -0.2) is 29.7 Å². The highest BCUT2D eigenvalue weighted by atomic mass is 35.5. The number of carbonyl (C=O) groups is 2. The Kier molecular flexibility index (Phi) is 6.57. The van der Waals surface area contributed by atoms with Gasteiger partial charge in [-0.25, -0.2) is 4.79 Å². The molecule has 0 saturated heterocycles. The third-order valence-corrected chi connectivity index (χ3v) is 3.08. The molecule has 0 saturated carbocycles. The number of hydrogen-bond donors (Lipinski definition) is 2. The van der Waals surface area contributed by atoms with Crippen LogP contribution in [0.15, 0.2) is 24.3 Å². The van der Waals surface area contributed by atoms with Gasteiger partial charge in [-0.2, -0.15) is 0 Å². The van der Waals surface area contributed by atoms with Crippen molar-refractivity contribution in [2.45, 2.75) is 25.8 Å². The second-order valence-corrected chi connectivity index (χ2v) is 4.86. The average Bonchev–Trinajstić information content (AvgIpc) is 2.43. The molecule has 2 N–H and O–H groups in total. The lowest BCUT2D eigenvalue weighted by atomic mass is 10.1. The van der Waals surface area contributed by atoms with Gasteiger partial charge in [0, 0.05) is 23.2 Å². The zero-order valence-electron chi connectivity index (χ0n) is 11.7. The maximum absolute atomic E-state index is 12.3. The summed E-state index contributed by atoms with van der Waals surface area (Å²) in [7, 11) is 0. The first kappa shape index (κ1) is 16.9. The minimum Gasteiger partial charge on any atom is -0.480 e. The number of terminal acetylenes is 1. The van der Waals surface area contributed by atoms with Gasteiger partial charge in [0.25, 0.3) is 0 Å². The number of nitrogens with zero attached hydrogens (tertiary/aromatic N) is 1. The molecular formula is C15H17ClN2O3. The van der Waals surface area contributed by atoms with Crippen molar-refractivity contribution in [1.29, 1.82) is 0 Å². The summed E-state index contributed by atoms with van der Waals surface area (Å²) in [6, 6.07) is 5.75. The van der Waals surface area contributed by atoms with E-state index in [4.69, 9.17) is 23.1 Å². The van der Waals surface area contributed by atoms with Gasteiger partial charge in [0.2, 0.25) is 0 Å². The third kappa shape index (κ3) is 5.36. The van der Waals surface area contributed by atoms with Crippen LogP contribution in [0, 0.1) is 12.3 Å². The summed E-state index contributed by atoms with van der Waals surface area (Å²) in [6.45, 7) is 1.43. The summed E-state index contributed by atoms with van der Waals surface area (Å²) >= 11 is 5.88. The van der Waals surface area contributed by atoms with Gasteiger partial charge in [-0.05, 0) is 24.6 Å². The first-order valence-corrected chi connectivity index (χ1v) is 6.84. The molecule has 1 rings (SSSR count). The van der Waals surface area contributed by atoms with E-state index in [0.717, 1.165) is 4.90 Å². The molecule has 0 fully saturated rings. The van der Waals surface area contributed by atoms with Crippen molar-refractivity contribution in [3.63, 3.8) is 0 Å². The Morgan fingerprint density at radius 3 is 2.76 bits per heavy atom. The van der Waals surface area contributed by atoms with E-state index >= 15 is 0 Å². The fraction of sp³-hybridized carbons (Fsp3) is 0.333. The average molecular weight is 309 g/mol. The van der Waals surface area contributed by atoms with Crippen molar-refractivity contribution >= 4 is 29.3 Å². The topological polar surface area (TPSA) is 69.6 Å². The number of benzene rings is 1. The molecule has 112 valence electrons. The second-order valence-electron chi connectivity index (χ2n) is 4.42. The van der Waals surface area contributed by atoms with Crippen LogP contribution >= 0.6 is 11.6 Å². The Balaban J connectivity index is 2.94. The van der Waals surface area contributed by atoms with Crippen LogP contribution < -0.4 is 10.2 Å². The maximum Gasteiger partial charge on any atom is 0.323 e. The van der Waals surface area contributed by atoms with Gasteiger partial charge in [-0.1, -0.05) is 24.6 Å². The maximum atomic E-state index is 12.3. The van der Waals surface area contributed by atoms with Crippen LogP contribution in [0.4, 0.5) is 10.5 Å². The highest BCUT2D eigenvalue weighted by Crippen LogP contribution is 2.19. The fourth-order valence-corrected chi connectivity index (χ4v) is 1.94. The monoisotopic (exact) mass is 308 g/mol. The molecule has 0 aliphatic heterocycles. The number of halogens is 1. The minimum absolute atomic E-state index is 0.196. The van der Waals surface area contributed by atoms with Crippen molar-refractivity contribution in [3.05, 3.63) is 29.3 Å². The smallest absolute Gasteiger partial charge is 0.323 e. The number of amides is 2. The molecule has 1 unspecified atom stereocenters. The molecule has 1 aromatic carbocycles. The predicted octanol–water partition coefficient (Wildman–Crippen LogP) is 2.74. The van der Waals surface area contributed by atoms with E-state index in [1.807, 2.05) is 6.92 Å². The minimum atomic E-state index is -1.12. The van der Waals surface area contributed by atoms with E-state index in [2.05, 4.69) is 11.2 Å². The van der Waals surface area contributed by atoms with Crippen LogP contribution in [0.1, 0.15) is 19.8 Å². The first-order valence-electron chi connectivity index (χ1n) is 6.46. The Morgan fingerprint density at radius 2 is 2.24 bits per heavy atom. The number of hydrogen-bond acceptors (Lipinski definition) is 2. The molecule has 2 amide bonds. The summed E-state index contributed by atoms with van der Waals surface area (Å²) in [4.78, 5) is 24.4. The van der Waals surface area contributed by atoms with Crippen LogP contribution in [0.3, 0.4) is 0 Å². The van der Waals surface area contributed by atoms with Crippen molar-refractivity contribution in [1.82, 2.24) is 5.32 Å². The summed E-state index contributed by atoms with van der Waals surface area (Å²) in [6.07, 6.45) is 6.29. The first-order chi connectivity index (χ1) is 9.97. The number of nitrogens with one attached hydrogen (secondary N) is 1. The molecule has 0 radical (unpaired) electrons. The second kappa shape index (κ2) is 8.18. The van der Waals surface area contributed by atoms with Crippen molar-refractivity contribution in [2.75, 3.05) is 11.4 Å². The Bertz CT molecular complexity index is 554. The van der Waals surface area contributed by atoms with Gasteiger partial charge >= 0.3 is 12.0 Å². The van der Waals surface area contributed by atoms with Crippen molar-refractivity contribution in [3.8, 4) is 12.3 Å². The highest BCUT2D eigenvalue weighted by Gasteiger charge is 2.21. The highest BCUT2D eigenvalue weighted by molar-refractivity contribution is 6.30. The van der Waals surface area contributed by atoms with E-state index in [1.54, 1.807) is 18.2 Å². The summed E-state index contributed by atoms with van der Waals surface area (Å²) < 4.78 is 0. The van der Waals surface area contributed by atoms with Crippen molar-refractivity contribution < 1.29 is 14.7 Å². The molecule has 0 aromatic heterocycles. The lowest BCUT2D eigenvalue weighted by Gasteiger charge is -2.24. The van der Waals surface area contributed by atoms with Crippen LogP contribution in [0.5, 0.6) is 0 Å². The molecule has 1 aromatic rings. The lowest BCUT2D eigenvalue weighted by Crippen LogP contribution is -2.46. The molecule has 5 nitrogen and oxygen atoms in total. The van der Waals surface area contributed by atoms with Gasteiger partial charge in [0.15, 0.2) is 0 Å². The number of carboxylic acid groups (broad SMARTS) is 1. The summed E-state index contributed by atoms with van der Waals surface area (Å²) in [5.41, 5.74) is 0.415. The Labute approximate surface area is 128 Å². The fourth-order valence-electron chi connectivity index (χ4n) is 1.75. The SMILES string of the molecule is C#CCC(CC)NC(=O)N(CC(=O)O)c1cccc(Cl)c1. The zero-order chi connectivity index (χ0) is 15.8. The van der Waals surface area contributed by atoms with Crippen LogP contribution in [-0.2, 0) is 4.79 Å². The predicted molar refractivity (Wildman–Crippen MR) is 82.5 cm³/mol. The van der Waals surface area contributed by atoms with E-state index in [9.17, 15) is 9.59 Å². The zero-order valence-corrected chi connectivity index (χ0v) is 12.4. The molecule has 6 heteroatoms. The normalized spacial score (nSPS) is 11.3. The summed E-state index contributed by atoms with van der Waals surface area (Å²) in [5, 5.41) is 12.1. The lowest BCUT2D eigenvalue weighted by molar-refractivity contribution is -0.135. The van der Waals surface area contributed by atoms with Crippen LogP contribution in [0.25, 0.3) is 0 Å². The van der Waals surface area contributed by atoms with Crippen LogP contribution in [0.2, 0.25) is 5.02 Å². The standard InChI is InChI=1S/C15H17ClN2O3/c1-3-6-12(4-2)17-15(21)18(10-14(19)20)13-8-5-7-11(16)9-13/h1,5,7-9,12H,4,6,10H2,2H3,(H,17,21)(H,19,20). The van der Waals surface area contributed by atoms with Gasteiger partial charge < -0.3 is 10.4 Å². The Morgan fingerprint density at radius 1 is 1.52 bits per heavy atom. The molecule has 21 heavy (non-hydrogen) atoms. The number of carbonyl (C=O) groups excluding carboxylic acids is 1. The van der Waals surface area contributed by atoms with E-state index in [1.165, 1.54) is 6.07 Å². The van der Waals surface area contributed by atoms with Gasteiger partial charge in [-0.15, -0.1) is 12.3 Å². The number of urea groups is 1. The number of aliphatic carboxylic acids is 1. The largest absolute Gasteiger partial charge is 0.480 e. The number of anilines is 1. The molecule has 0 aliphatic rings.